The van der Waals surface area contributed by atoms with E-state index in [-0.39, 0.29) is 25.0 Å². The summed E-state index contributed by atoms with van der Waals surface area (Å²) in [6, 6.07) is 12.6. The van der Waals surface area contributed by atoms with E-state index >= 15 is 0 Å². The molecule has 1 aromatic carbocycles. The highest BCUT2D eigenvalue weighted by Crippen LogP contribution is 2.17. The number of pyridine rings is 1. The lowest BCUT2D eigenvalue weighted by Gasteiger charge is -2.13. The summed E-state index contributed by atoms with van der Waals surface area (Å²) in [7, 11) is 0. The number of urea groups is 1. The van der Waals surface area contributed by atoms with Crippen LogP contribution in [0.4, 0.5) is 4.79 Å². The molecule has 1 aromatic heterocycles. The molecule has 1 aliphatic heterocycles. The van der Waals surface area contributed by atoms with Gasteiger partial charge in [0.1, 0.15) is 12.4 Å². The number of nitrogens with one attached hydrogen (secondary N) is 1. The largest absolute Gasteiger partial charge is 0.487 e. The summed E-state index contributed by atoms with van der Waals surface area (Å²) in [5.74, 6) is 0.458. The first-order valence-corrected chi connectivity index (χ1v) is 6.92. The van der Waals surface area contributed by atoms with E-state index in [1.165, 1.54) is 4.90 Å². The van der Waals surface area contributed by atoms with Crippen LogP contribution in [0.15, 0.2) is 48.7 Å². The Morgan fingerprint density at radius 2 is 2.09 bits per heavy atom. The van der Waals surface area contributed by atoms with Gasteiger partial charge < -0.3 is 10.1 Å². The summed E-state index contributed by atoms with van der Waals surface area (Å²) in [6.07, 6.45) is 1.71. The molecule has 0 radical (unpaired) electrons. The second kappa shape index (κ2) is 6.26. The lowest BCUT2D eigenvalue weighted by atomic mass is 10.2. The molecular formula is C16H15N3O3. The van der Waals surface area contributed by atoms with E-state index in [4.69, 9.17) is 4.74 Å². The van der Waals surface area contributed by atoms with Crippen molar-refractivity contribution in [3.63, 3.8) is 0 Å². The van der Waals surface area contributed by atoms with Crippen LogP contribution >= 0.6 is 0 Å². The molecule has 0 saturated carbocycles. The van der Waals surface area contributed by atoms with E-state index < -0.39 is 0 Å². The summed E-state index contributed by atoms with van der Waals surface area (Å²) >= 11 is 0. The highest BCUT2D eigenvalue weighted by atomic mass is 16.5. The Bertz CT molecular complexity index is 672. The van der Waals surface area contributed by atoms with E-state index in [1.54, 1.807) is 6.20 Å². The Morgan fingerprint density at radius 1 is 1.18 bits per heavy atom. The molecule has 0 aliphatic carbocycles. The van der Waals surface area contributed by atoms with Crippen molar-refractivity contribution >= 4 is 11.9 Å². The molecule has 2 heterocycles. The van der Waals surface area contributed by atoms with Gasteiger partial charge in [-0.25, -0.2) is 4.79 Å². The van der Waals surface area contributed by atoms with Gasteiger partial charge in [0.05, 0.1) is 18.8 Å². The Morgan fingerprint density at radius 3 is 2.82 bits per heavy atom. The molecule has 1 aliphatic rings. The predicted octanol–water partition coefficient (Wildman–Crippen LogP) is 1.71. The van der Waals surface area contributed by atoms with Crippen molar-refractivity contribution in [1.29, 1.82) is 0 Å². The quantitative estimate of drug-likeness (QED) is 0.853. The zero-order valence-corrected chi connectivity index (χ0v) is 11.9. The van der Waals surface area contributed by atoms with Gasteiger partial charge in [-0.05, 0) is 29.8 Å². The monoisotopic (exact) mass is 297 g/mol. The minimum atomic E-state index is -0.357. The number of rotatable bonds is 5. The first-order chi connectivity index (χ1) is 10.7. The molecule has 1 saturated heterocycles. The van der Waals surface area contributed by atoms with E-state index in [0.29, 0.717) is 12.4 Å². The molecule has 0 spiro atoms. The van der Waals surface area contributed by atoms with Gasteiger partial charge in [-0.15, -0.1) is 0 Å². The Kier molecular flexibility index (Phi) is 4.00. The number of nitrogens with zero attached hydrogens (tertiary/aromatic N) is 2. The standard InChI is InChI=1S/C16H15N3O3/c20-15-9-18-16(21)19(15)10-12-4-3-6-14(8-12)22-11-13-5-1-2-7-17-13/h1-8H,9-11H2,(H,18,21). The number of imide groups is 1. The lowest BCUT2D eigenvalue weighted by Crippen LogP contribution is -2.30. The molecule has 2 aromatic rings. The van der Waals surface area contributed by atoms with Crippen LogP contribution in [0, 0.1) is 0 Å². The molecule has 1 fully saturated rings. The second-order valence-electron chi connectivity index (χ2n) is 4.90. The van der Waals surface area contributed by atoms with Crippen molar-refractivity contribution < 1.29 is 14.3 Å². The normalized spacial score (nSPS) is 14.1. The van der Waals surface area contributed by atoms with Gasteiger partial charge in [0.15, 0.2) is 0 Å². The maximum Gasteiger partial charge on any atom is 0.324 e. The van der Waals surface area contributed by atoms with Crippen molar-refractivity contribution in [3.8, 4) is 5.75 Å². The van der Waals surface area contributed by atoms with E-state index in [2.05, 4.69) is 10.3 Å². The number of hydrogen-bond donors (Lipinski definition) is 1. The fourth-order valence-electron chi connectivity index (χ4n) is 2.17. The highest BCUT2D eigenvalue weighted by molar-refractivity contribution is 6.01. The van der Waals surface area contributed by atoms with Crippen LogP contribution in [0.3, 0.4) is 0 Å². The highest BCUT2D eigenvalue weighted by Gasteiger charge is 2.28. The molecule has 6 nitrogen and oxygen atoms in total. The van der Waals surface area contributed by atoms with Crippen molar-refractivity contribution in [3.05, 3.63) is 59.9 Å². The van der Waals surface area contributed by atoms with Crippen LogP contribution in [0.2, 0.25) is 0 Å². The number of ether oxygens (including phenoxy) is 1. The zero-order chi connectivity index (χ0) is 15.4. The van der Waals surface area contributed by atoms with E-state index in [1.807, 2.05) is 42.5 Å². The number of benzene rings is 1. The molecule has 22 heavy (non-hydrogen) atoms. The van der Waals surface area contributed by atoms with Crippen molar-refractivity contribution in [2.45, 2.75) is 13.2 Å². The molecule has 3 amide bonds. The van der Waals surface area contributed by atoms with Gasteiger partial charge in [-0.2, -0.15) is 0 Å². The zero-order valence-electron chi connectivity index (χ0n) is 11.9. The lowest BCUT2D eigenvalue weighted by molar-refractivity contribution is -0.125. The van der Waals surface area contributed by atoms with Crippen LogP contribution < -0.4 is 10.1 Å². The van der Waals surface area contributed by atoms with Crippen molar-refractivity contribution in [2.75, 3.05) is 6.54 Å². The molecule has 3 rings (SSSR count). The van der Waals surface area contributed by atoms with E-state index in [0.717, 1.165) is 11.3 Å². The summed E-state index contributed by atoms with van der Waals surface area (Å²) in [5.41, 5.74) is 1.67. The summed E-state index contributed by atoms with van der Waals surface area (Å²) in [4.78, 5) is 28.5. The minimum absolute atomic E-state index is 0.0642. The third-order valence-electron chi connectivity index (χ3n) is 3.29. The number of carbonyl (C=O) groups excluding carboxylic acids is 2. The van der Waals surface area contributed by atoms with Crippen LogP contribution in [-0.4, -0.2) is 28.4 Å². The van der Waals surface area contributed by atoms with Crippen LogP contribution in [0.5, 0.6) is 5.75 Å². The maximum absolute atomic E-state index is 11.6. The average Bonchev–Trinajstić information content (AvgIpc) is 2.86. The van der Waals surface area contributed by atoms with Gasteiger partial charge in [-0.1, -0.05) is 18.2 Å². The smallest absolute Gasteiger partial charge is 0.324 e. The van der Waals surface area contributed by atoms with E-state index in [9.17, 15) is 9.59 Å². The first kappa shape index (κ1) is 14.1. The Balaban J connectivity index is 1.65. The maximum atomic E-state index is 11.6. The first-order valence-electron chi connectivity index (χ1n) is 6.92. The van der Waals surface area contributed by atoms with Crippen molar-refractivity contribution in [2.24, 2.45) is 0 Å². The SMILES string of the molecule is O=C1CNC(=O)N1Cc1cccc(OCc2ccccn2)c1. The van der Waals surface area contributed by atoms with Gasteiger partial charge in [-0.3, -0.25) is 14.7 Å². The molecular weight excluding hydrogens is 282 g/mol. The topological polar surface area (TPSA) is 71.5 Å². The second-order valence-corrected chi connectivity index (χ2v) is 4.90. The molecule has 0 unspecified atom stereocenters. The van der Waals surface area contributed by atoms with Gasteiger partial charge >= 0.3 is 6.03 Å². The van der Waals surface area contributed by atoms with Crippen LogP contribution in [0.25, 0.3) is 0 Å². The van der Waals surface area contributed by atoms with Gasteiger partial charge in [0.25, 0.3) is 0 Å². The number of hydrogen-bond acceptors (Lipinski definition) is 4. The fourth-order valence-corrected chi connectivity index (χ4v) is 2.17. The predicted molar refractivity (Wildman–Crippen MR) is 79.0 cm³/mol. The Labute approximate surface area is 127 Å². The van der Waals surface area contributed by atoms with Crippen molar-refractivity contribution in [1.82, 2.24) is 15.2 Å². The number of carbonyl (C=O) groups is 2. The third kappa shape index (κ3) is 3.22. The van der Waals surface area contributed by atoms with Crippen LogP contribution in [-0.2, 0) is 17.9 Å². The third-order valence-corrected chi connectivity index (χ3v) is 3.29. The van der Waals surface area contributed by atoms with Crippen LogP contribution in [0.1, 0.15) is 11.3 Å². The molecule has 1 N–H and O–H groups in total. The summed E-state index contributed by atoms with van der Waals surface area (Å²) in [5, 5.41) is 2.50. The summed E-state index contributed by atoms with van der Waals surface area (Å²) in [6.45, 7) is 0.674. The average molecular weight is 297 g/mol. The fraction of sp³-hybridized carbons (Fsp3) is 0.188. The molecule has 0 bridgehead atoms. The Hall–Kier alpha value is -2.89. The molecule has 6 heteroatoms. The molecule has 112 valence electrons. The minimum Gasteiger partial charge on any atom is -0.487 e. The van der Waals surface area contributed by atoms with Gasteiger partial charge in [0.2, 0.25) is 5.91 Å². The summed E-state index contributed by atoms with van der Waals surface area (Å²) < 4.78 is 5.68. The molecule has 0 atom stereocenters. The van der Waals surface area contributed by atoms with Gasteiger partial charge in [0, 0.05) is 6.20 Å². The number of amides is 3. The number of aromatic nitrogens is 1.